The maximum absolute atomic E-state index is 3.80. The van der Waals surface area contributed by atoms with Gasteiger partial charge in [0.25, 0.3) is 0 Å². The van der Waals surface area contributed by atoms with Gasteiger partial charge >= 0.3 is 0 Å². The van der Waals surface area contributed by atoms with Crippen molar-refractivity contribution >= 4 is 0 Å². The van der Waals surface area contributed by atoms with Gasteiger partial charge in [-0.05, 0) is 39.2 Å². The van der Waals surface area contributed by atoms with Gasteiger partial charge in [-0.2, -0.15) is 0 Å². The Morgan fingerprint density at radius 2 is 1.80 bits per heavy atom. The highest BCUT2D eigenvalue weighted by Crippen LogP contribution is 2.32. The molecule has 112 valence electrons. The Bertz CT molecular complexity index is 432. The van der Waals surface area contributed by atoms with E-state index in [4.69, 9.17) is 0 Å². The van der Waals surface area contributed by atoms with Gasteiger partial charge in [0.15, 0.2) is 0 Å². The number of benzene rings is 1. The predicted molar refractivity (Wildman–Crippen MR) is 86.9 cm³/mol. The second-order valence-corrected chi connectivity index (χ2v) is 7.69. The van der Waals surface area contributed by atoms with E-state index in [0.29, 0.717) is 12.0 Å². The average molecular weight is 274 g/mol. The summed E-state index contributed by atoms with van der Waals surface area (Å²) < 4.78 is 0. The molecule has 0 spiro atoms. The molecular weight excluding hydrogens is 244 g/mol. The molecule has 1 aromatic carbocycles. The Morgan fingerprint density at radius 3 is 2.30 bits per heavy atom. The lowest BCUT2D eigenvalue weighted by atomic mass is 9.83. The molecular formula is C18H30N2. The fourth-order valence-electron chi connectivity index (χ4n) is 3.28. The van der Waals surface area contributed by atoms with Crippen molar-refractivity contribution in [3.05, 3.63) is 35.9 Å². The maximum Gasteiger partial charge on any atom is 0.0535 e. The van der Waals surface area contributed by atoms with Crippen LogP contribution >= 0.6 is 0 Å². The molecule has 0 radical (unpaired) electrons. The SMILES string of the molecule is CC(C)C1CNC(C)(c2ccccc2)CN1C(C)(C)C. The molecule has 2 heteroatoms. The second-order valence-electron chi connectivity index (χ2n) is 7.69. The highest BCUT2D eigenvalue weighted by atomic mass is 15.3. The molecule has 2 rings (SSSR count). The van der Waals surface area contributed by atoms with Crippen LogP contribution in [0.3, 0.4) is 0 Å². The molecule has 0 amide bonds. The number of hydrogen-bond donors (Lipinski definition) is 1. The topological polar surface area (TPSA) is 15.3 Å². The first-order valence-corrected chi connectivity index (χ1v) is 7.81. The lowest BCUT2D eigenvalue weighted by Gasteiger charge is -2.53. The first kappa shape index (κ1) is 15.5. The Labute approximate surface area is 124 Å². The Morgan fingerprint density at radius 1 is 1.20 bits per heavy atom. The molecule has 0 aliphatic carbocycles. The smallest absolute Gasteiger partial charge is 0.0535 e. The zero-order chi connectivity index (χ0) is 15.0. The monoisotopic (exact) mass is 274 g/mol. The van der Waals surface area contributed by atoms with Crippen LogP contribution < -0.4 is 5.32 Å². The van der Waals surface area contributed by atoms with Gasteiger partial charge in [-0.3, -0.25) is 4.90 Å². The fraction of sp³-hybridized carbons (Fsp3) is 0.667. The van der Waals surface area contributed by atoms with E-state index in [2.05, 4.69) is 82.1 Å². The Kier molecular flexibility index (Phi) is 4.27. The van der Waals surface area contributed by atoms with E-state index in [1.807, 2.05) is 0 Å². The lowest BCUT2D eigenvalue weighted by Crippen LogP contribution is -2.66. The van der Waals surface area contributed by atoms with Crippen LogP contribution in [-0.2, 0) is 5.54 Å². The van der Waals surface area contributed by atoms with E-state index in [9.17, 15) is 0 Å². The summed E-state index contributed by atoms with van der Waals surface area (Å²) in [7, 11) is 0. The molecule has 2 atom stereocenters. The van der Waals surface area contributed by atoms with Crippen LogP contribution in [0.15, 0.2) is 30.3 Å². The van der Waals surface area contributed by atoms with Gasteiger partial charge < -0.3 is 5.32 Å². The summed E-state index contributed by atoms with van der Waals surface area (Å²) >= 11 is 0. The molecule has 1 aliphatic rings. The van der Waals surface area contributed by atoms with Gasteiger partial charge in [0.2, 0.25) is 0 Å². The molecule has 1 aromatic rings. The zero-order valence-electron chi connectivity index (χ0n) is 13.9. The molecule has 2 nitrogen and oxygen atoms in total. The summed E-state index contributed by atoms with van der Waals surface area (Å²) in [5, 5.41) is 3.80. The fourth-order valence-corrected chi connectivity index (χ4v) is 3.28. The third-order valence-electron chi connectivity index (χ3n) is 4.63. The molecule has 2 unspecified atom stereocenters. The van der Waals surface area contributed by atoms with Crippen LogP contribution in [-0.4, -0.2) is 29.6 Å². The molecule has 20 heavy (non-hydrogen) atoms. The lowest BCUT2D eigenvalue weighted by molar-refractivity contribution is -0.00668. The summed E-state index contributed by atoms with van der Waals surface area (Å²) in [6, 6.07) is 11.4. The predicted octanol–water partition coefficient (Wildman–Crippen LogP) is 3.63. The molecule has 1 saturated heterocycles. The molecule has 0 saturated carbocycles. The summed E-state index contributed by atoms with van der Waals surface area (Å²) in [6.45, 7) is 16.1. The van der Waals surface area contributed by atoms with Crippen LogP contribution in [0.5, 0.6) is 0 Å². The second kappa shape index (κ2) is 5.50. The van der Waals surface area contributed by atoms with Crippen LogP contribution in [0.2, 0.25) is 0 Å². The Balaban J connectivity index is 2.29. The van der Waals surface area contributed by atoms with Crippen LogP contribution in [0.1, 0.15) is 47.1 Å². The van der Waals surface area contributed by atoms with Crippen LogP contribution in [0.25, 0.3) is 0 Å². The quantitative estimate of drug-likeness (QED) is 0.886. The zero-order valence-corrected chi connectivity index (χ0v) is 13.9. The van der Waals surface area contributed by atoms with Gasteiger partial charge in [-0.1, -0.05) is 44.2 Å². The summed E-state index contributed by atoms with van der Waals surface area (Å²) in [5.74, 6) is 0.669. The highest BCUT2D eigenvalue weighted by Gasteiger charge is 2.41. The van der Waals surface area contributed by atoms with Crippen molar-refractivity contribution < 1.29 is 0 Å². The van der Waals surface area contributed by atoms with E-state index in [1.54, 1.807) is 0 Å². The third-order valence-corrected chi connectivity index (χ3v) is 4.63. The number of nitrogens with zero attached hydrogens (tertiary/aromatic N) is 1. The first-order chi connectivity index (χ1) is 9.24. The van der Waals surface area contributed by atoms with Gasteiger partial charge in [0, 0.05) is 24.7 Å². The molecule has 1 N–H and O–H groups in total. The van der Waals surface area contributed by atoms with Crippen molar-refractivity contribution in [2.45, 2.75) is 58.7 Å². The molecule has 0 bridgehead atoms. The third kappa shape index (κ3) is 3.07. The highest BCUT2D eigenvalue weighted by molar-refractivity contribution is 5.25. The van der Waals surface area contributed by atoms with Crippen molar-refractivity contribution in [3.63, 3.8) is 0 Å². The summed E-state index contributed by atoms with van der Waals surface area (Å²) in [6.07, 6.45) is 0. The van der Waals surface area contributed by atoms with Gasteiger partial charge in [-0.15, -0.1) is 0 Å². The van der Waals surface area contributed by atoms with E-state index in [1.165, 1.54) is 5.56 Å². The van der Waals surface area contributed by atoms with E-state index >= 15 is 0 Å². The van der Waals surface area contributed by atoms with Crippen LogP contribution in [0, 0.1) is 5.92 Å². The molecule has 0 aromatic heterocycles. The summed E-state index contributed by atoms with van der Waals surface area (Å²) in [5.41, 5.74) is 1.63. The van der Waals surface area contributed by atoms with E-state index in [0.717, 1.165) is 13.1 Å². The summed E-state index contributed by atoms with van der Waals surface area (Å²) in [4.78, 5) is 2.68. The molecule has 1 heterocycles. The number of hydrogen-bond acceptors (Lipinski definition) is 2. The van der Waals surface area contributed by atoms with Crippen LogP contribution in [0.4, 0.5) is 0 Å². The standard InChI is InChI=1S/C18H30N2/c1-14(2)16-12-19-18(6,13-20(16)17(3,4)5)15-10-8-7-9-11-15/h7-11,14,16,19H,12-13H2,1-6H3. The number of rotatable bonds is 2. The first-order valence-electron chi connectivity index (χ1n) is 7.81. The Hall–Kier alpha value is -0.860. The van der Waals surface area contributed by atoms with Crippen molar-refractivity contribution in [2.75, 3.05) is 13.1 Å². The van der Waals surface area contributed by atoms with E-state index < -0.39 is 0 Å². The average Bonchev–Trinajstić information content (AvgIpc) is 2.38. The normalized spacial score (nSPS) is 28.9. The van der Waals surface area contributed by atoms with Crippen molar-refractivity contribution in [2.24, 2.45) is 5.92 Å². The maximum atomic E-state index is 3.80. The minimum atomic E-state index is 0.0416. The molecule has 1 fully saturated rings. The minimum Gasteiger partial charge on any atom is -0.305 e. The van der Waals surface area contributed by atoms with Crippen molar-refractivity contribution in [1.82, 2.24) is 10.2 Å². The van der Waals surface area contributed by atoms with Gasteiger partial charge in [0.1, 0.15) is 0 Å². The van der Waals surface area contributed by atoms with Gasteiger partial charge in [0.05, 0.1) is 5.54 Å². The minimum absolute atomic E-state index is 0.0416. The largest absolute Gasteiger partial charge is 0.305 e. The molecule has 1 aliphatic heterocycles. The van der Waals surface area contributed by atoms with Gasteiger partial charge in [-0.25, -0.2) is 0 Å². The van der Waals surface area contributed by atoms with Crippen molar-refractivity contribution in [3.8, 4) is 0 Å². The van der Waals surface area contributed by atoms with E-state index in [-0.39, 0.29) is 11.1 Å². The van der Waals surface area contributed by atoms with Crippen molar-refractivity contribution in [1.29, 1.82) is 0 Å². The number of nitrogens with one attached hydrogen (secondary N) is 1. The number of piperazine rings is 1.